The molecule has 25 heavy (non-hydrogen) atoms. The summed E-state index contributed by atoms with van der Waals surface area (Å²) in [4.78, 5) is 25.4. The van der Waals surface area contributed by atoms with Crippen LogP contribution < -0.4 is 4.74 Å². The Morgan fingerprint density at radius 3 is 2.48 bits per heavy atom. The van der Waals surface area contributed by atoms with E-state index >= 15 is 0 Å². The lowest BCUT2D eigenvalue weighted by Gasteiger charge is -2.28. The van der Waals surface area contributed by atoms with Crippen molar-refractivity contribution >= 4 is 12.1 Å². The topological polar surface area (TPSA) is 65.1 Å². The van der Waals surface area contributed by atoms with E-state index in [2.05, 4.69) is 0 Å². The Hall–Kier alpha value is -2.24. The SMILES string of the molecule is CCOC(=O)Cc1ccc(O[C@H]2CCCN2C(=O)OC(C)(C)C)cc1. The maximum absolute atomic E-state index is 12.3. The highest BCUT2D eigenvalue weighted by Gasteiger charge is 2.33. The first-order valence-electron chi connectivity index (χ1n) is 8.69. The van der Waals surface area contributed by atoms with E-state index in [1.54, 1.807) is 24.0 Å². The maximum atomic E-state index is 12.3. The number of nitrogens with zero attached hydrogens (tertiary/aromatic N) is 1. The summed E-state index contributed by atoms with van der Waals surface area (Å²) in [5, 5.41) is 0. The maximum Gasteiger partial charge on any atom is 0.413 e. The van der Waals surface area contributed by atoms with Crippen LogP contribution in [0.1, 0.15) is 46.1 Å². The summed E-state index contributed by atoms with van der Waals surface area (Å²) in [7, 11) is 0. The monoisotopic (exact) mass is 349 g/mol. The van der Waals surface area contributed by atoms with Gasteiger partial charge in [-0.05, 0) is 51.8 Å². The third kappa shape index (κ3) is 5.96. The van der Waals surface area contributed by atoms with Crippen LogP contribution in [-0.4, -0.2) is 41.9 Å². The Kier molecular flexibility index (Phi) is 6.28. The first kappa shape index (κ1) is 19.1. The number of carbonyl (C=O) groups excluding carboxylic acids is 2. The van der Waals surface area contributed by atoms with Gasteiger partial charge in [-0.3, -0.25) is 9.69 Å². The van der Waals surface area contributed by atoms with E-state index in [9.17, 15) is 9.59 Å². The molecule has 6 nitrogen and oxygen atoms in total. The van der Waals surface area contributed by atoms with Crippen LogP contribution in [0.5, 0.6) is 5.75 Å². The van der Waals surface area contributed by atoms with Crippen molar-refractivity contribution in [2.45, 2.75) is 58.8 Å². The second kappa shape index (κ2) is 8.23. The molecule has 1 aliphatic rings. The molecule has 0 spiro atoms. The lowest BCUT2D eigenvalue weighted by atomic mass is 10.1. The van der Waals surface area contributed by atoms with Crippen LogP contribution >= 0.6 is 0 Å². The second-order valence-electron chi connectivity index (χ2n) is 7.01. The standard InChI is InChI=1S/C19H27NO5/c1-5-23-17(21)13-14-8-10-15(11-9-14)24-16-7-6-12-20(16)18(22)25-19(2,3)4/h8-11,16H,5-7,12-13H2,1-4H3/t16-/m0/s1. The Morgan fingerprint density at radius 1 is 1.20 bits per heavy atom. The predicted molar refractivity (Wildman–Crippen MR) is 93.4 cm³/mol. The van der Waals surface area contributed by atoms with Gasteiger partial charge in [-0.25, -0.2) is 4.79 Å². The minimum atomic E-state index is -0.529. The molecule has 1 amide bonds. The number of rotatable bonds is 5. The number of hydrogen-bond acceptors (Lipinski definition) is 5. The van der Waals surface area contributed by atoms with Crippen molar-refractivity contribution in [3.8, 4) is 5.75 Å². The minimum Gasteiger partial charge on any atom is -0.470 e. The molecule has 1 aliphatic heterocycles. The van der Waals surface area contributed by atoms with Gasteiger partial charge in [0.15, 0.2) is 6.23 Å². The van der Waals surface area contributed by atoms with Gasteiger partial charge in [0.05, 0.1) is 13.0 Å². The van der Waals surface area contributed by atoms with Crippen molar-refractivity contribution in [3.05, 3.63) is 29.8 Å². The molecule has 0 N–H and O–H groups in total. The molecular formula is C19H27NO5. The lowest BCUT2D eigenvalue weighted by molar-refractivity contribution is -0.142. The largest absolute Gasteiger partial charge is 0.470 e. The van der Waals surface area contributed by atoms with Crippen LogP contribution in [0.2, 0.25) is 0 Å². The van der Waals surface area contributed by atoms with Gasteiger partial charge in [-0.2, -0.15) is 0 Å². The zero-order valence-corrected chi connectivity index (χ0v) is 15.4. The summed E-state index contributed by atoms with van der Waals surface area (Å²) in [5.74, 6) is 0.413. The number of benzene rings is 1. The zero-order valence-electron chi connectivity index (χ0n) is 15.4. The third-order valence-corrected chi connectivity index (χ3v) is 3.67. The summed E-state index contributed by atoms with van der Waals surface area (Å²) in [6.45, 7) is 8.33. The average molecular weight is 349 g/mol. The molecule has 1 saturated heterocycles. The molecule has 0 bridgehead atoms. The summed E-state index contributed by atoms with van der Waals surface area (Å²) in [6.07, 6.45) is 1.20. The number of carbonyl (C=O) groups is 2. The van der Waals surface area contributed by atoms with E-state index in [-0.39, 0.29) is 24.7 Å². The fourth-order valence-electron chi connectivity index (χ4n) is 2.61. The summed E-state index contributed by atoms with van der Waals surface area (Å²) >= 11 is 0. The number of esters is 1. The molecule has 0 saturated carbocycles. The van der Waals surface area contributed by atoms with Crippen LogP contribution in [0, 0.1) is 0 Å². The minimum absolute atomic E-state index is 0.238. The lowest BCUT2D eigenvalue weighted by Crippen LogP contribution is -2.42. The van der Waals surface area contributed by atoms with Crippen molar-refractivity contribution in [2.75, 3.05) is 13.2 Å². The highest BCUT2D eigenvalue weighted by Crippen LogP contribution is 2.24. The van der Waals surface area contributed by atoms with E-state index in [1.165, 1.54) is 0 Å². The molecule has 6 heteroatoms. The first-order chi connectivity index (χ1) is 11.8. The fourth-order valence-corrected chi connectivity index (χ4v) is 2.61. The van der Waals surface area contributed by atoms with Crippen molar-refractivity contribution in [2.24, 2.45) is 0 Å². The second-order valence-corrected chi connectivity index (χ2v) is 7.01. The molecule has 1 aromatic rings. The quantitative estimate of drug-likeness (QED) is 0.761. The molecule has 0 unspecified atom stereocenters. The molecule has 1 fully saturated rings. The van der Waals surface area contributed by atoms with E-state index in [4.69, 9.17) is 14.2 Å². The van der Waals surface area contributed by atoms with Crippen LogP contribution in [0.25, 0.3) is 0 Å². The van der Waals surface area contributed by atoms with Crippen molar-refractivity contribution < 1.29 is 23.8 Å². The van der Waals surface area contributed by atoms with Gasteiger partial charge in [-0.15, -0.1) is 0 Å². The number of hydrogen-bond donors (Lipinski definition) is 0. The Labute approximate surface area is 149 Å². The Bertz CT molecular complexity index is 591. The molecule has 138 valence electrons. The normalized spacial score (nSPS) is 17.3. The van der Waals surface area contributed by atoms with Gasteiger partial charge in [0, 0.05) is 13.0 Å². The number of amides is 1. The summed E-state index contributed by atoms with van der Waals surface area (Å²) < 4.78 is 16.3. The predicted octanol–water partition coefficient (Wildman–Crippen LogP) is 3.53. The molecule has 0 radical (unpaired) electrons. The first-order valence-corrected chi connectivity index (χ1v) is 8.69. The Morgan fingerprint density at radius 2 is 1.88 bits per heavy atom. The summed E-state index contributed by atoms with van der Waals surface area (Å²) in [6, 6.07) is 7.28. The van der Waals surface area contributed by atoms with E-state index in [1.807, 2.05) is 32.9 Å². The van der Waals surface area contributed by atoms with Crippen molar-refractivity contribution in [1.29, 1.82) is 0 Å². The molecule has 0 aromatic heterocycles. The van der Waals surface area contributed by atoms with Gasteiger partial charge in [0.1, 0.15) is 11.4 Å². The number of likely N-dealkylation sites (tertiary alicyclic amines) is 1. The molecular weight excluding hydrogens is 322 g/mol. The van der Waals surface area contributed by atoms with Gasteiger partial charge >= 0.3 is 12.1 Å². The summed E-state index contributed by atoms with van der Waals surface area (Å²) in [5.41, 5.74) is 0.333. The van der Waals surface area contributed by atoms with Gasteiger partial charge < -0.3 is 14.2 Å². The van der Waals surface area contributed by atoms with Gasteiger partial charge in [0.2, 0.25) is 0 Å². The molecule has 0 aliphatic carbocycles. The molecule has 2 rings (SSSR count). The molecule has 1 heterocycles. The van der Waals surface area contributed by atoms with Crippen molar-refractivity contribution in [1.82, 2.24) is 4.90 Å². The highest BCUT2D eigenvalue weighted by atomic mass is 16.6. The molecule has 1 atom stereocenters. The highest BCUT2D eigenvalue weighted by molar-refractivity contribution is 5.72. The van der Waals surface area contributed by atoms with Crippen LogP contribution in [0.4, 0.5) is 4.79 Å². The van der Waals surface area contributed by atoms with Gasteiger partial charge in [0.25, 0.3) is 0 Å². The van der Waals surface area contributed by atoms with Crippen LogP contribution in [0.3, 0.4) is 0 Å². The zero-order chi connectivity index (χ0) is 18.4. The van der Waals surface area contributed by atoms with E-state index in [0.29, 0.717) is 18.9 Å². The van der Waals surface area contributed by atoms with Crippen LogP contribution in [-0.2, 0) is 20.7 Å². The van der Waals surface area contributed by atoms with E-state index < -0.39 is 5.60 Å². The smallest absolute Gasteiger partial charge is 0.413 e. The third-order valence-electron chi connectivity index (χ3n) is 3.67. The van der Waals surface area contributed by atoms with Crippen LogP contribution in [0.15, 0.2) is 24.3 Å². The van der Waals surface area contributed by atoms with Crippen molar-refractivity contribution in [3.63, 3.8) is 0 Å². The van der Waals surface area contributed by atoms with E-state index in [0.717, 1.165) is 18.4 Å². The molecule has 1 aromatic carbocycles. The Balaban J connectivity index is 1.94. The number of ether oxygens (including phenoxy) is 3. The van der Waals surface area contributed by atoms with Gasteiger partial charge in [-0.1, -0.05) is 12.1 Å². The fraction of sp³-hybridized carbons (Fsp3) is 0.579. The average Bonchev–Trinajstić information content (AvgIpc) is 2.96.